The maximum Gasteiger partial charge on any atom is 0.0991 e. The van der Waals surface area contributed by atoms with Crippen LogP contribution in [0.2, 0.25) is 0 Å². The van der Waals surface area contributed by atoms with Gasteiger partial charge in [0.25, 0.3) is 0 Å². The van der Waals surface area contributed by atoms with Crippen molar-refractivity contribution in [1.29, 1.82) is 0 Å². The van der Waals surface area contributed by atoms with Crippen molar-refractivity contribution < 1.29 is 0 Å². The van der Waals surface area contributed by atoms with Crippen LogP contribution in [0, 0.1) is 0 Å². The van der Waals surface area contributed by atoms with Crippen LogP contribution in [0.1, 0.15) is 39.0 Å². The molecule has 0 amide bonds. The van der Waals surface area contributed by atoms with E-state index in [0.717, 1.165) is 0 Å². The van der Waals surface area contributed by atoms with Gasteiger partial charge in [0.15, 0.2) is 0 Å². The molecule has 0 fully saturated rings. The van der Waals surface area contributed by atoms with E-state index in [9.17, 15) is 0 Å². The fraction of sp³-hybridized carbons (Fsp3) is 0.294. The maximum atomic E-state index is 2.55. The molecule has 0 aliphatic rings. The van der Waals surface area contributed by atoms with Gasteiger partial charge in [0.05, 0.1) is 60.9 Å². The second-order valence-corrected chi connectivity index (χ2v) is 17.8. The molecule has 0 saturated carbocycles. The van der Waals surface area contributed by atoms with E-state index in [1.165, 1.54) is 61.2 Å². The van der Waals surface area contributed by atoms with Crippen LogP contribution >= 0.6 is 14.5 Å². The minimum absolute atomic E-state index is 1.28. The molecule has 0 unspecified atom stereocenters. The van der Waals surface area contributed by atoms with Crippen LogP contribution in [-0.2, 0) is 0 Å². The van der Waals surface area contributed by atoms with Crippen LogP contribution in [-0.4, -0.2) is 25.2 Å². The van der Waals surface area contributed by atoms with Crippen molar-refractivity contribution in [2.75, 3.05) is 25.2 Å². The molecular weight excluding hydrogens is 470 g/mol. The highest BCUT2D eigenvalue weighted by Gasteiger charge is 2.42. The minimum Gasteiger partial charge on any atom is -0.0654 e. The maximum absolute atomic E-state index is 2.55. The molecule has 0 heterocycles. The second kappa shape index (κ2) is 13.3. The molecule has 0 aromatic heterocycles. The fourth-order valence-corrected chi connectivity index (χ4v) is 13.5. The molecule has 4 rings (SSSR count). The Bertz CT molecular complexity index is 1060. The van der Waals surface area contributed by atoms with Gasteiger partial charge in [0, 0.05) is 0 Å². The predicted molar refractivity (Wildman–Crippen MR) is 167 cm³/mol. The smallest absolute Gasteiger partial charge is 0.0654 e. The van der Waals surface area contributed by atoms with Crippen LogP contribution in [0.15, 0.2) is 121 Å². The molecule has 0 aliphatic carbocycles. The quantitative estimate of drug-likeness (QED) is 0.126. The van der Waals surface area contributed by atoms with Crippen LogP contribution < -0.4 is 21.2 Å². The highest BCUT2D eigenvalue weighted by atomic mass is 31.2. The number of hydrogen-bond donors (Lipinski definition) is 0. The molecule has 36 heavy (non-hydrogen) atoms. The zero-order chi connectivity index (χ0) is 25.1. The molecule has 186 valence electrons. The summed E-state index contributed by atoms with van der Waals surface area (Å²) in [5.74, 6) is 0. The molecule has 0 saturated heterocycles. The van der Waals surface area contributed by atoms with Crippen LogP contribution in [0.5, 0.6) is 0 Å². The lowest BCUT2D eigenvalue weighted by Gasteiger charge is -2.28. The third-order valence-electron chi connectivity index (χ3n) is 7.69. The van der Waals surface area contributed by atoms with Gasteiger partial charge in [-0.05, 0) is 67.8 Å². The SMILES string of the molecule is CCCCC[P+](CCCC[P+](C)(c1ccccc1)c1ccccc1)(c1ccccc1)c1ccccc1. The van der Waals surface area contributed by atoms with Crippen molar-refractivity contribution in [1.82, 2.24) is 0 Å². The van der Waals surface area contributed by atoms with Crippen LogP contribution in [0.4, 0.5) is 0 Å². The molecule has 2 heteroatoms. The van der Waals surface area contributed by atoms with E-state index in [1.807, 2.05) is 0 Å². The first-order valence-electron chi connectivity index (χ1n) is 13.6. The third-order valence-corrected chi connectivity index (χ3v) is 16.5. The van der Waals surface area contributed by atoms with Crippen molar-refractivity contribution in [3.8, 4) is 0 Å². The van der Waals surface area contributed by atoms with Crippen molar-refractivity contribution in [2.24, 2.45) is 0 Å². The first-order chi connectivity index (χ1) is 17.7. The van der Waals surface area contributed by atoms with Crippen LogP contribution in [0.25, 0.3) is 0 Å². The number of hydrogen-bond acceptors (Lipinski definition) is 0. The molecular formula is C34H42P2+2. The lowest BCUT2D eigenvalue weighted by Crippen LogP contribution is -2.28. The Morgan fingerprint density at radius 1 is 0.417 bits per heavy atom. The Morgan fingerprint density at radius 2 is 0.750 bits per heavy atom. The summed E-state index contributed by atoms with van der Waals surface area (Å²) in [6.45, 7) is 4.87. The van der Waals surface area contributed by atoms with E-state index in [2.05, 4.69) is 135 Å². The van der Waals surface area contributed by atoms with E-state index in [-0.39, 0.29) is 0 Å². The molecule has 0 bridgehead atoms. The van der Waals surface area contributed by atoms with Gasteiger partial charge in [-0.15, -0.1) is 0 Å². The van der Waals surface area contributed by atoms with Gasteiger partial charge in [-0.3, -0.25) is 0 Å². The summed E-state index contributed by atoms with van der Waals surface area (Å²) in [6.07, 6.45) is 10.4. The van der Waals surface area contributed by atoms with Gasteiger partial charge < -0.3 is 0 Å². The Balaban J connectivity index is 1.59. The number of unbranched alkanes of at least 4 members (excludes halogenated alkanes) is 3. The lowest BCUT2D eigenvalue weighted by atomic mass is 10.3. The largest absolute Gasteiger partial charge is 0.0991 e. The minimum atomic E-state index is -1.44. The fourth-order valence-electron chi connectivity index (χ4n) is 5.57. The Hall–Kier alpha value is -2.26. The van der Waals surface area contributed by atoms with Gasteiger partial charge in [0.1, 0.15) is 0 Å². The summed E-state index contributed by atoms with van der Waals surface area (Å²) in [6, 6.07) is 45.6. The lowest BCUT2D eigenvalue weighted by molar-refractivity contribution is 0.773. The highest BCUT2D eigenvalue weighted by molar-refractivity contribution is 7.89. The molecule has 4 aromatic carbocycles. The van der Waals surface area contributed by atoms with Gasteiger partial charge in [0.2, 0.25) is 0 Å². The topological polar surface area (TPSA) is 0 Å². The van der Waals surface area contributed by atoms with Crippen molar-refractivity contribution >= 4 is 35.7 Å². The van der Waals surface area contributed by atoms with Crippen molar-refractivity contribution in [2.45, 2.75) is 39.0 Å². The zero-order valence-electron chi connectivity index (χ0n) is 22.1. The molecule has 4 aromatic rings. The normalized spacial score (nSPS) is 11.9. The summed E-state index contributed by atoms with van der Waals surface area (Å²) in [4.78, 5) is 0. The first kappa shape index (κ1) is 26.8. The average Bonchev–Trinajstić information content (AvgIpc) is 2.96. The number of rotatable bonds is 13. The summed E-state index contributed by atoms with van der Waals surface area (Å²) >= 11 is 0. The molecule has 0 spiro atoms. The first-order valence-corrected chi connectivity index (χ1v) is 18.2. The standard InChI is InChI=1S/C34H42P2/c1-3-4-17-29-36(33-24-13-7-14-25-33,34-26-15-8-16-27-34)30-19-18-28-35(2,31-20-9-5-10-21-31)32-22-11-6-12-23-32/h5-16,20-27H,3-4,17-19,28-30H2,1-2H3/q+2. The van der Waals surface area contributed by atoms with Gasteiger partial charge in [-0.1, -0.05) is 92.6 Å². The van der Waals surface area contributed by atoms with E-state index in [0.29, 0.717) is 0 Å². The van der Waals surface area contributed by atoms with Crippen molar-refractivity contribution in [3.05, 3.63) is 121 Å². The molecule has 0 aliphatic heterocycles. The van der Waals surface area contributed by atoms with Gasteiger partial charge >= 0.3 is 0 Å². The van der Waals surface area contributed by atoms with Crippen LogP contribution in [0.3, 0.4) is 0 Å². The Kier molecular flexibility index (Phi) is 9.92. The molecule has 0 atom stereocenters. The zero-order valence-corrected chi connectivity index (χ0v) is 23.9. The molecule has 0 radical (unpaired) electrons. The Morgan fingerprint density at radius 3 is 1.14 bits per heavy atom. The van der Waals surface area contributed by atoms with E-state index < -0.39 is 14.5 Å². The van der Waals surface area contributed by atoms with E-state index >= 15 is 0 Å². The third kappa shape index (κ3) is 6.35. The summed E-state index contributed by atoms with van der Waals surface area (Å²) in [7, 11) is -2.86. The molecule has 0 nitrogen and oxygen atoms in total. The van der Waals surface area contributed by atoms with Crippen molar-refractivity contribution in [3.63, 3.8) is 0 Å². The summed E-state index contributed by atoms with van der Waals surface area (Å²) < 4.78 is 0. The van der Waals surface area contributed by atoms with Gasteiger partial charge in [-0.25, -0.2) is 0 Å². The van der Waals surface area contributed by atoms with E-state index in [4.69, 9.17) is 0 Å². The average molecular weight is 513 g/mol. The summed E-state index contributed by atoms with van der Waals surface area (Å²) in [5.41, 5.74) is 0. The summed E-state index contributed by atoms with van der Waals surface area (Å²) in [5, 5.41) is 6.25. The molecule has 0 N–H and O–H groups in total. The predicted octanol–water partition coefficient (Wildman–Crippen LogP) is 7.92. The number of benzene rings is 4. The van der Waals surface area contributed by atoms with Gasteiger partial charge in [-0.2, -0.15) is 0 Å². The monoisotopic (exact) mass is 512 g/mol. The second-order valence-electron chi connectivity index (χ2n) is 10.1. The van der Waals surface area contributed by atoms with E-state index in [1.54, 1.807) is 10.6 Å². The highest BCUT2D eigenvalue weighted by Crippen LogP contribution is 2.59. The Labute approximate surface area is 220 Å².